The molecule has 20 heavy (non-hydrogen) atoms. The number of nitrogens with zero attached hydrogens (tertiary/aromatic N) is 1. The Hall–Kier alpha value is -1.07. The molecule has 0 saturated heterocycles. The third-order valence-corrected chi connectivity index (χ3v) is 3.76. The van der Waals surface area contributed by atoms with E-state index in [-0.39, 0.29) is 12.5 Å². The van der Waals surface area contributed by atoms with Gasteiger partial charge < -0.3 is 10.4 Å². The molecule has 0 aliphatic rings. The van der Waals surface area contributed by atoms with Gasteiger partial charge in [-0.15, -0.1) is 11.8 Å². The fourth-order valence-electron chi connectivity index (χ4n) is 2.13. The molecule has 112 valence electrons. The lowest BCUT2D eigenvalue weighted by Crippen LogP contribution is -2.30. The molecule has 0 aliphatic heterocycles. The normalized spacial score (nSPS) is 12.4. The number of aliphatic hydroxyl groups excluding tert-OH is 1. The van der Waals surface area contributed by atoms with Gasteiger partial charge in [-0.1, -0.05) is 13.8 Å². The van der Waals surface area contributed by atoms with E-state index in [1.807, 2.05) is 12.3 Å². The van der Waals surface area contributed by atoms with Gasteiger partial charge in [0.15, 0.2) is 0 Å². The number of thioether (sulfide) groups is 1. The van der Waals surface area contributed by atoms with Gasteiger partial charge in [0, 0.05) is 19.3 Å². The van der Waals surface area contributed by atoms with Gasteiger partial charge >= 0.3 is 0 Å². The van der Waals surface area contributed by atoms with Gasteiger partial charge in [-0.3, -0.25) is 4.79 Å². The molecule has 1 unspecified atom stereocenters. The van der Waals surface area contributed by atoms with E-state index in [9.17, 15) is 4.79 Å². The van der Waals surface area contributed by atoms with Crippen LogP contribution in [0.1, 0.15) is 37.0 Å². The molecule has 1 rings (SSSR count). The smallest absolute Gasteiger partial charge is 0.252 e. The van der Waals surface area contributed by atoms with E-state index in [0.717, 1.165) is 17.9 Å². The van der Waals surface area contributed by atoms with E-state index in [1.54, 1.807) is 24.0 Å². The lowest BCUT2D eigenvalue weighted by atomic mass is 9.94. The number of carbonyl (C=O) groups excluding carboxylic acids is 1. The summed E-state index contributed by atoms with van der Waals surface area (Å²) in [7, 11) is 0. The summed E-state index contributed by atoms with van der Waals surface area (Å²) in [5, 5.41) is 12.9. The van der Waals surface area contributed by atoms with Crippen LogP contribution in [0.25, 0.3) is 0 Å². The first kappa shape index (κ1) is 17.0. The highest BCUT2D eigenvalue weighted by atomic mass is 32.2. The van der Waals surface area contributed by atoms with Crippen LogP contribution < -0.4 is 5.32 Å². The Morgan fingerprint density at radius 2 is 2.20 bits per heavy atom. The van der Waals surface area contributed by atoms with Crippen LogP contribution in [-0.4, -0.2) is 35.4 Å². The minimum atomic E-state index is -0.100. The number of hydrogen-bond acceptors (Lipinski definition) is 4. The van der Waals surface area contributed by atoms with Gasteiger partial charge in [0.25, 0.3) is 5.91 Å². The average molecular weight is 296 g/mol. The molecule has 4 nitrogen and oxygen atoms in total. The highest BCUT2D eigenvalue weighted by Gasteiger charge is 2.13. The predicted octanol–water partition coefficient (Wildman–Crippen LogP) is 2.58. The summed E-state index contributed by atoms with van der Waals surface area (Å²) >= 11 is 1.55. The fourth-order valence-corrected chi connectivity index (χ4v) is 2.49. The summed E-state index contributed by atoms with van der Waals surface area (Å²) < 4.78 is 0. The van der Waals surface area contributed by atoms with Crippen LogP contribution in [0.3, 0.4) is 0 Å². The van der Waals surface area contributed by atoms with E-state index in [4.69, 9.17) is 5.11 Å². The number of hydrogen-bond donors (Lipinski definition) is 2. The van der Waals surface area contributed by atoms with Gasteiger partial charge in [0.05, 0.1) is 10.6 Å². The number of amides is 1. The molecule has 0 aromatic carbocycles. The minimum absolute atomic E-state index is 0.100. The molecule has 0 saturated carbocycles. The van der Waals surface area contributed by atoms with Crippen LogP contribution in [0.4, 0.5) is 0 Å². The zero-order chi connectivity index (χ0) is 15.0. The molecule has 1 heterocycles. The second kappa shape index (κ2) is 8.97. The Bertz CT molecular complexity index is 407. The number of aliphatic hydroxyl groups is 1. The minimum Gasteiger partial charge on any atom is -0.396 e. The fraction of sp³-hybridized carbons (Fsp3) is 0.600. The summed E-state index contributed by atoms with van der Waals surface area (Å²) in [6.07, 6.45) is 5.28. The monoisotopic (exact) mass is 296 g/mol. The number of nitrogens with one attached hydrogen (secondary N) is 1. The topological polar surface area (TPSA) is 62.2 Å². The SMILES string of the molecule is CSc1ccc(C(=O)NCC(CCO)CC(C)C)cn1. The van der Waals surface area contributed by atoms with Crippen LogP contribution in [-0.2, 0) is 0 Å². The summed E-state index contributed by atoms with van der Waals surface area (Å²) in [6.45, 7) is 5.06. The van der Waals surface area contributed by atoms with Crippen molar-refractivity contribution in [1.29, 1.82) is 0 Å². The maximum Gasteiger partial charge on any atom is 0.252 e. The van der Waals surface area contributed by atoms with Crippen molar-refractivity contribution in [2.24, 2.45) is 11.8 Å². The van der Waals surface area contributed by atoms with Crippen LogP contribution in [0, 0.1) is 11.8 Å². The van der Waals surface area contributed by atoms with E-state index in [2.05, 4.69) is 24.1 Å². The van der Waals surface area contributed by atoms with Gasteiger partial charge in [0.1, 0.15) is 0 Å². The second-order valence-corrected chi connectivity index (χ2v) is 6.13. The number of carbonyl (C=O) groups is 1. The van der Waals surface area contributed by atoms with Crippen LogP contribution >= 0.6 is 11.8 Å². The quantitative estimate of drug-likeness (QED) is 0.724. The Labute approximate surface area is 125 Å². The summed E-state index contributed by atoms with van der Waals surface area (Å²) in [6, 6.07) is 3.64. The van der Waals surface area contributed by atoms with Crippen molar-refractivity contribution in [3.05, 3.63) is 23.9 Å². The third-order valence-electron chi connectivity index (χ3n) is 3.10. The molecule has 1 aromatic heterocycles. The molecule has 5 heteroatoms. The Morgan fingerprint density at radius 1 is 1.45 bits per heavy atom. The highest BCUT2D eigenvalue weighted by molar-refractivity contribution is 7.98. The van der Waals surface area contributed by atoms with Gasteiger partial charge in [-0.2, -0.15) is 0 Å². The van der Waals surface area contributed by atoms with Crippen LogP contribution in [0.2, 0.25) is 0 Å². The summed E-state index contributed by atoms with van der Waals surface area (Å²) in [5.41, 5.74) is 0.579. The number of rotatable bonds is 8. The molecule has 0 spiro atoms. The average Bonchev–Trinajstić information content (AvgIpc) is 2.44. The van der Waals surface area contributed by atoms with Crippen molar-refractivity contribution in [2.45, 2.75) is 31.7 Å². The molecule has 1 amide bonds. The van der Waals surface area contributed by atoms with Crippen LogP contribution in [0.15, 0.2) is 23.4 Å². The Balaban J connectivity index is 2.51. The predicted molar refractivity (Wildman–Crippen MR) is 83.0 cm³/mol. The Kier molecular flexibility index (Phi) is 7.62. The van der Waals surface area contributed by atoms with Crippen molar-refractivity contribution < 1.29 is 9.90 Å². The molecule has 2 N–H and O–H groups in total. The third kappa shape index (κ3) is 5.92. The summed E-state index contributed by atoms with van der Waals surface area (Å²) in [4.78, 5) is 16.2. The maximum atomic E-state index is 12.0. The first-order valence-electron chi connectivity index (χ1n) is 6.96. The highest BCUT2D eigenvalue weighted by Crippen LogP contribution is 2.15. The lowest BCUT2D eigenvalue weighted by Gasteiger charge is -2.18. The largest absolute Gasteiger partial charge is 0.396 e. The molecule has 0 radical (unpaired) electrons. The zero-order valence-electron chi connectivity index (χ0n) is 12.4. The standard InChI is InChI=1S/C15H24N2O2S/c1-11(2)8-12(6-7-18)9-17-15(19)13-4-5-14(20-3)16-10-13/h4-5,10-12,18H,6-9H2,1-3H3,(H,17,19). The number of pyridine rings is 1. The second-order valence-electron chi connectivity index (χ2n) is 5.31. The van der Waals surface area contributed by atoms with Crippen LogP contribution in [0.5, 0.6) is 0 Å². The molecule has 1 aromatic rings. The molecule has 0 aliphatic carbocycles. The van der Waals surface area contributed by atoms with E-state index < -0.39 is 0 Å². The zero-order valence-corrected chi connectivity index (χ0v) is 13.2. The van der Waals surface area contributed by atoms with Gasteiger partial charge in [-0.25, -0.2) is 4.98 Å². The molecule has 1 atom stereocenters. The van der Waals surface area contributed by atoms with Crippen molar-refractivity contribution in [1.82, 2.24) is 10.3 Å². The van der Waals surface area contributed by atoms with Crippen molar-refractivity contribution >= 4 is 17.7 Å². The molecule has 0 bridgehead atoms. The molecular weight excluding hydrogens is 272 g/mol. The lowest BCUT2D eigenvalue weighted by molar-refractivity contribution is 0.0941. The van der Waals surface area contributed by atoms with Crippen molar-refractivity contribution in [2.75, 3.05) is 19.4 Å². The van der Waals surface area contributed by atoms with E-state index >= 15 is 0 Å². The van der Waals surface area contributed by atoms with E-state index in [0.29, 0.717) is 23.9 Å². The Morgan fingerprint density at radius 3 is 2.70 bits per heavy atom. The van der Waals surface area contributed by atoms with Gasteiger partial charge in [0.2, 0.25) is 0 Å². The number of aromatic nitrogens is 1. The maximum absolute atomic E-state index is 12.0. The van der Waals surface area contributed by atoms with Crippen molar-refractivity contribution in [3.63, 3.8) is 0 Å². The first-order chi connectivity index (χ1) is 9.56. The van der Waals surface area contributed by atoms with Gasteiger partial charge in [-0.05, 0) is 43.1 Å². The van der Waals surface area contributed by atoms with Crippen molar-refractivity contribution in [3.8, 4) is 0 Å². The summed E-state index contributed by atoms with van der Waals surface area (Å²) in [5.74, 6) is 0.783. The first-order valence-corrected chi connectivity index (χ1v) is 8.18. The van der Waals surface area contributed by atoms with E-state index in [1.165, 1.54) is 0 Å². The molecule has 0 fully saturated rings. The molecular formula is C15H24N2O2S.